The number of carbonyl (C=O) groups is 3. The predicted molar refractivity (Wildman–Crippen MR) is 147 cm³/mol. The summed E-state index contributed by atoms with van der Waals surface area (Å²) in [5, 5.41) is 0. The van der Waals surface area contributed by atoms with Gasteiger partial charge in [0.1, 0.15) is 17.6 Å². The van der Waals surface area contributed by atoms with Gasteiger partial charge in [-0.25, -0.2) is 13.2 Å². The molecule has 2 aliphatic heterocycles. The average Bonchev–Trinajstić information content (AvgIpc) is 3.09. The maximum absolute atomic E-state index is 13.8. The number of aldehydes is 1. The number of rotatable bonds is 10. The summed E-state index contributed by atoms with van der Waals surface area (Å²) >= 11 is 0. The smallest absolute Gasteiger partial charge is 0.327 e. The van der Waals surface area contributed by atoms with Crippen molar-refractivity contribution >= 4 is 28.2 Å². The second-order valence-electron chi connectivity index (χ2n) is 10.7. The minimum Gasteiger partial charge on any atom is -0.497 e. The number of hydrogen-bond donors (Lipinski definition) is 0. The van der Waals surface area contributed by atoms with E-state index in [1.165, 1.54) is 9.21 Å². The molecule has 2 aliphatic rings. The highest BCUT2D eigenvalue weighted by molar-refractivity contribution is 7.89. The van der Waals surface area contributed by atoms with Gasteiger partial charge < -0.3 is 14.4 Å². The zero-order chi connectivity index (χ0) is 28.4. The number of amides is 3. The van der Waals surface area contributed by atoms with Gasteiger partial charge in [0.25, 0.3) is 5.91 Å². The fourth-order valence-electron chi connectivity index (χ4n) is 5.52. The molecule has 0 aliphatic carbocycles. The predicted octanol–water partition coefficient (Wildman–Crippen LogP) is 3.43. The molecule has 2 aromatic carbocycles. The average molecular weight is 556 g/mol. The highest BCUT2D eigenvalue weighted by atomic mass is 32.2. The maximum Gasteiger partial charge on any atom is 0.327 e. The highest BCUT2D eigenvalue weighted by Gasteiger charge is 2.58. The Balaban J connectivity index is 1.58. The SMILES string of the molecule is COc1ccc(CCN2C(=O)N(CC(C)C)C(=O)C23CCN(S(=O)(=O)c2cc(CC=O)ccc2C)CC3)cc1. The Labute approximate surface area is 230 Å². The number of carbonyl (C=O) groups excluding carboxylic acids is 3. The molecule has 0 saturated carbocycles. The van der Waals surface area contributed by atoms with Crippen molar-refractivity contribution in [3.05, 3.63) is 59.2 Å². The minimum atomic E-state index is -3.85. The third-order valence-corrected chi connectivity index (χ3v) is 9.73. The van der Waals surface area contributed by atoms with Crippen LogP contribution in [0.15, 0.2) is 47.4 Å². The summed E-state index contributed by atoms with van der Waals surface area (Å²) < 4.78 is 33.9. The van der Waals surface area contributed by atoms with E-state index >= 15 is 0 Å². The minimum absolute atomic E-state index is 0.110. The fourth-order valence-corrected chi connectivity index (χ4v) is 7.23. The van der Waals surface area contributed by atoms with Crippen LogP contribution in [0.25, 0.3) is 0 Å². The Morgan fingerprint density at radius 1 is 1.03 bits per heavy atom. The van der Waals surface area contributed by atoms with Crippen LogP contribution in [0.1, 0.15) is 43.4 Å². The summed E-state index contributed by atoms with van der Waals surface area (Å²) in [5.74, 6) is 0.613. The first-order chi connectivity index (χ1) is 18.5. The van der Waals surface area contributed by atoms with E-state index < -0.39 is 15.6 Å². The molecule has 0 unspecified atom stereocenters. The Hall–Kier alpha value is -3.24. The molecule has 2 heterocycles. The molecule has 2 saturated heterocycles. The summed E-state index contributed by atoms with van der Waals surface area (Å²) in [6.45, 7) is 6.56. The highest BCUT2D eigenvalue weighted by Crippen LogP contribution is 2.39. The molecule has 0 N–H and O–H groups in total. The van der Waals surface area contributed by atoms with Crippen LogP contribution < -0.4 is 4.74 Å². The van der Waals surface area contributed by atoms with Crippen molar-refractivity contribution < 1.29 is 27.5 Å². The number of urea groups is 1. The number of ether oxygens (including phenoxy) is 1. The van der Waals surface area contributed by atoms with Gasteiger partial charge in [-0.15, -0.1) is 0 Å². The third kappa shape index (κ3) is 5.58. The normalized spacial score (nSPS) is 17.9. The van der Waals surface area contributed by atoms with Crippen molar-refractivity contribution in [1.82, 2.24) is 14.1 Å². The van der Waals surface area contributed by atoms with Crippen LogP contribution >= 0.6 is 0 Å². The van der Waals surface area contributed by atoms with Crippen molar-refractivity contribution in [3.8, 4) is 5.75 Å². The molecule has 9 nitrogen and oxygen atoms in total. The van der Waals surface area contributed by atoms with E-state index in [0.29, 0.717) is 30.6 Å². The molecule has 0 aromatic heterocycles. The van der Waals surface area contributed by atoms with E-state index in [0.717, 1.165) is 17.6 Å². The fraction of sp³-hybridized carbons (Fsp3) is 0.483. The Morgan fingerprint density at radius 3 is 2.26 bits per heavy atom. The number of nitrogens with zero attached hydrogens (tertiary/aromatic N) is 3. The molecule has 3 amide bonds. The Morgan fingerprint density at radius 2 is 1.67 bits per heavy atom. The van der Waals surface area contributed by atoms with Crippen LogP contribution in [0.4, 0.5) is 4.79 Å². The molecule has 0 radical (unpaired) electrons. The van der Waals surface area contributed by atoms with Crippen molar-refractivity contribution in [2.45, 2.75) is 56.9 Å². The van der Waals surface area contributed by atoms with Gasteiger partial charge in [0.05, 0.1) is 12.0 Å². The molecular formula is C29H37N3O6S. The number of hydrogen-bond acceptors (Lipinski definition) is 6. The molecule has 210 valence electrons. The lowest BCUT2D eigenvalue weighted by Gasteiger charge is -2.41. The maximum atomic E-state index is 13.8. The summed E-state index contributed by atoms with van der Waals surface area (Å²) in [6.07, 6.45) is 1.89. The lowest BCUT2D eigenvalue weighted by atomic mass is 9.86. The van der Waals surface area contributed by atoms with Gasteiger partial charge in [-0.1, -0.05) is 38.1 Å². The molecule has 0 bridgehead atoms. The first-order valence-corrected chi connectivity index (χ1v) is 14.8. The van der Waals surface area contributed by atoms with E-state index in [9.17, 15) is 22.8 Å². The number of sulfonamides is 1. The second kappa shape index (κ2) is 11.5. The number of methoxy groups -OCH3 is 1. The lowest BCUT2D eigenvalue weighted by molar-refractivity contribution is -0.135. The van der Waals surface area contributed by atoms with Gasteiger partial charge in [0.2, 0.25) is 10.0 Å². The number of aryl methyl sites for hydroxylation is 1. The zero-order valence-corrected chi connectivity index (χ0v) is 23.9. The number of piperidine rings is 1. The molecule has 10 heteroatoms. The van der Waals surface area contributed by atoms with E-state index in [-0.39, 0.29) is 55.1 Å². The van der Waals surface area contributed by atoms with Crippen LogP contribution in [-0.4, -0.2) is 79.6 Å². The number of imide groups is 1. The van der Waals surface area contributed by atoms with E-state index in [4.69, 9.17) is 4.74 Å². The van der Waals surface area contributed by atoms with Crippen LogP contribution in [0.5, 0.6) is 5.75 Å². The van der Waals surface area contributed by atoms with E-state index in [2.05, 4.69) is 0 Å². The van der Waals surface area contributed by atoms with Gasteiger partial charge in [-0.2, -0.15) is 4.31 Å². The number of benzene rings is 2. The molecule has 2 fully saturated rings. The van der Waals surface area contributed by atoms with Crippen LogP contribution in [0, 0.1) is 12.8 Å². The molecule has 0 atom stereocenters. The van der Waals surface area contributed by atoms with Crippen molar-refractivity contribution in [2.24, 2.45) is 5.92 Å². The molecule has 1 spiro atoms. The van der Waals surface area contributed by atoms with Gasteiger partial charge in [-0.3, -0.25) is 9.69 Å². The van der Waals surface area contributed by atoms with Gasteiger partial charge in [-0.05, 0) is 67.0 Å². The lowest BCUT2D eigenvalue weighted by Crippen LogP contribution is -2.57. The quantitative estimate of drug-likeness (QED) is 0.329. The Kier molecular flexibility index (Phi) is 8.46. The topological polar surface area (TPSA) is 104 Å². The first-order valence-electron chi connectivity index (χ1n) is 13.3. The molecule has 4 rings (SSSR count). The van der Waals surface area contributed by atoms with Crippen LogP contribution in [0.2, 0.25) is 0 Å². The largest absolute Gasteiger partial charge is 0.497 e. The zero-order valence-electron chi connectivity index (χ0n) is 23.1. The van der Waals surface area contributed by atoms with Gasteiger partial charge in [0.15, 0.2) is 0 Å². The molecule has 2 aromatic rings. The van der Waals surface area contributed by atoms with Gasteiger partial charge in [0, 0.05) is 32.6 Å². The molecular weight excluding hydrogens is 518 g/mol. The van der Waals surface area contributed by atoms with E-state index in [1.807, 2.05) is 38.1 Å². The molecule has 39 heavy (non-hydrogen) atoms. The standard InChI is InChI=1S/C29H37N3O6S/c1-21(2)20-31-27(34)29(32(28(31)35)15-11-23-7-9-25(38-4)10-8-23)13-16-30(17-14-29)39(36,37)26-19-24(12-18-33)6-5-22(26)3/h5-10,18-19,21H,11-17,20H2,1-4H3. The van der Waals surface area contributed by atoms with Crippen molar-refractivity contribution in [1.29, 1.82) is 0 Å². The summed E-state index contributed by atoms with van der Waals surface area (Å²) in [6, 6.07) is 12.3. The van der Waals surface area contributed by atoms with Crippen molar-refractivity contribution in [3.63, 3.8) is 0 Å². The summed E-state index contributed by atoms with van der Waals surface area (Å²) in [5.41, 5.74) is 1.17. The monoisotopic (exact) mass is 555 g/mol. The third-order valence-electron chi connectivity index (χ3n) is 7.69. The summed E-state index contributed by atoms with van der Waals surface area (Å²) in [7, 11) is -2.24. The van der Waals surface area contributed by atoms with Crippen LogP contribution in [0.3, 0.4) is 0 Å². The summed E-state index contributed by atoms with van der Waals surface area (Å²) in [4.78, 5) is 41.5. The van der Waals surface area contributed by atoms with Crippen molar-refractivity contribution in [2.75, 3.05) is 33.3 Å². The van der Waals surface area contributed by atoms with Crippen LogP contribution in [-0.2, 0) is 32.5 Å². The first kappa shape index (κ1) is 28.8. The Bertz CT molecular complexity index is 1330. The van der Waals surface area contributed by atoms with E-state index in [1.54, 1.807) is 37.1 Å². The van der Waals surface area contributed by atoms with Gasteiger partial charge >= 0.3 is 6.03 Å². The second-order valence-corrected chi connectivity index (χ2v) is 12.7.